The Bertz CT molecular complexity index is 941. The molecule has 0 amide bonds. The topological polar surface area (TPSA) is 72.8 Å². The maximum atomic E-state index is 12.8. The Kier molecular flexibility index (Phi) is 7.35. The summed E-state index contributed by atoms with van der Waals surface area (Å²) in [5.41, 5.74) is 0.306. The summed E-state index contributed by atoms with van der Waals surface area (Å²) in [6.07, 6.45) is -0.551. The van der Waals surface area contributed by atoms with E-state index in [1.54, 1.807) is 24.3 Å². The minimum absolute atomic E-state index is 0.00976. The molecule has 3 aromatic rings. The molecule has 0 saturated heterocycles. The van der Waals surface area contributed by atoms with Crippen LogP contribution in [-0.2, 0) is 38.7 Å². The van der Waals surface area contributed by atoms with E-state index in [1.165, 1.54) is 0 Å². The summed E-state index contributed by atoms with van der Waals surface area (Å²) in [5.74, 6) is -1.53. The van der Waals surface area contributed by atoms with Crippen molar-refractivity contribution in [2.75, 3.05) is 0 Å². The van der Waals surface area contributed by atoms with Gasteiger partial charge in [0.15, 0.2) is 5.60 Å². The third-order valence-electron chi connectivity index (χ3n) is 4.61. The van der Waals surface area contributed by atoms with Crippen LogP contribution in [0.4, 0.5) is 0 Å². The fraction of sp³-hybridized carbons (Fsp3) is 0.200. The molecule has 0 aromatic heterocycles. The lowest BCUT2D eigenvalue weighted by Crippen LogP contribution is -2.44. The van der Waals surface area contributed by atoms with E-state index in [4.69, 9.17) is 9.47 Å². The normalized spacial score (nSPS) is 12.6. The number of hydrogen-bond donors (Lipinski definition) is 1. The fourth-order valence-electron chi connectivity index (χ4n) is 3.03. The van der Waals surface area contributed by atoms with Crippen LogP contribution in [-0.4, -0.2) is 22.6 Å². The molecule has 0 aliphatic heterocycles. The van der Waals surface area contributed by atoms with Crippen molar-refractivity contribution in [1.29, 1.82) is 0 Å². The summed E-state index contributed by atoms with van der Waals surface area (Å²) < 4.78 is 10.6. The third kappa shape index (κ3) is 6.29. The van der Waals surface area contributed by atoms with Gasteiger partial charge in [-0.2, -0.15) is 0 Å². The highest BCUT2D eigenvalue weighted by Gasteiger charge is 2.41. The van der Waals surface area contributed by atoms with Gasteiger partial charge < -0.3 is 14.6 Å². The number of ether oxygens (including phenoxy) is 2. The maximum Gasteiger partial charge on any atom is 0.339 e. The first-order chi connectivity index (χ1) is 14.5. The maximum absolute atomic E-state index is 12.8. The minimum atomic E-state index is -2.02. The Morgan fingerprint density at radius 1 is 0.667 bits per heavy atom. The summed E-state index contributed by atoms with van der Waals surface area (Å²) >= 11 is 0. The van der Waals surface area contributed by atoms with Gasteiger partial charge in [0, 0.05) is 6.42 Å². The number of esters is 2. The largest absolute Gasteiger partial charge is 0.461 e. The average Bonchev–Trinajstić information content (AvgIpc) is 2.78. The van der Waals surface area contributed by atoms with Crippen molar-refractivity contribution in [2.45, 2.75) is 31.7 Å². The predicted octanol–water partition coefficient (Wildman–Crippen LogP) is 3.84. The van der Waals surface area contributed by atoms with Crippen molar-refractivity contribution in [1.82, 2.24) is 0 Å². The highest BCUT2D eigenvalue weighted by atomic mass is 16.6. The van der Waals surface area contributed by atoms with Crippen molar-refractivity contribution in [3.8, 4) is 0 Å². The van der Waals surface area contributed by atoms with E-state index in [1.807, 2.05) is 66.7 Å². The quantitative estimate of drug-likeness (QED) is 0.549. The first-order valence-corrected chi connectivity index (χ1v) is 9.72. The lowest BCUT2D eigenvalue weighted by atomic mass is 9.91. The van der Waals surface area contributed by atoms with Crippen molar-refractivity contribution in [2.24, 2.45) is 0 Å². The van der Waals surface area contributed by atoms with E-state index in [-0.39, 0.29) is 19.6 Å². The zero-order valence-corrected chi connectivity index (χ0v) is 16.6. The van der Waals surface area contributed by atoms with E-state index in [9.17, 15) is 14.7 Å². The second-order valence-electron chi connectivity index (χ2n) is 7.08. The van der Waals surface area contributed by atoms with Crippen LogP contribution in [0.1, 0.15) is 23.1 Å². The third-order valence-corrected chi connectivity index (χ3v) is 4.61. The number of hydrogen-bond acceptors (Lipinski definition) is 5. The van der Waals surface area contributed by atoms with E-state index < -0.39 is 24.0 Å². The zero-order valence-electron chi connectivity index (χ0n) is 16.6. The molecule has 0 aliphatic carbocycles. The Hall–Kier alpha value is -3.44. The molecule has 3 aromatic carbocycles. The highest BCUT2D eigenvalue weighted by molar-refractivity contribution is 5.86. The second kappa shape index (κ2) is 10.4. The van der Waals surface area contributed by atoms with Crippen LogP contribution in [0.2, 0.25) is 0 Å². The number of carbonyl (C=O) groups is 2. The number of benzene rings is 3. The molecule has 3 rings (SSSR count). The van der Waals surface area contributed by atoms with Crippen molar-refractivity contribution >= 4 is 11.9 Å². The van der Waals surface area contributed by atoms with Crippen LogP contribution in [0.3, 0.4) is 0 Å². The van der Waals surface area contributed by atoms with Gasteiger partial charge in [0.2, 0.25) is 0 Å². The predicted molar refractivity (Wildman–Crippen MR) is 112 cm³/mol. The monoisotopic (exact) mass is 404 g/mol. The molecule has 0 fully saturated rings. The van der Waals surface area contributed by atoms with E-state index >= 15 is 0 Å². The zero-order chi connectivity index (χ0) is 21.2. The molecule has 0 bridgehead atoms. The standard InChI is InChI=1S/C25H24O5/c26-23(29-18-21-12-6-2-7-13-21)17-25(28,16-20-10-4-1-5-11-20)24(27)30-19-22-14-8-3-9-15-22/h1-15,28H,16-19H2/t25-/m0/s1. The first-order valence-electron chi connectivity index (χ1n) is 9.72. The molecule has 1 atom stereocenters. The molecular weight excluding hydrogens is 380 g/mol. The molecule has 5 nitrogen and oxygen atoms in total. The highest BCUT2D eigenvalue weighted by Crippen LogP contribution is 2.22. The number of carbonyl (C=O) groups excluding carboxylic acids is 2. The van der Waals surface area contributed by atoms with Gasteiger partial charge in [-0.15, -0.1) is 0 Å². The van der Waals surface area contributed by atoms with E-state index in [0.717, 1.165) is 11.1 Å². The molecule has 0 aliphatic rings. The summed E-state index contributed by atoms with van der Waals surface area (Å²) in [5, 5.41) is 11.1. The molecule has 0 radical (unpaired) electrons. The van der Waals surface area contributed by atoms with Crippen molar-refractivity contribution < 1.29 is 24.2 Å². The van der Waals surface area contributed by atoms with E-state index in [2.05, 4.69) is 0 Å². The summed E-state index contributed by atoms with van der Waals surface area (Å²) in [6.45, 7) is 0.0794. The lowest BCUT2D eigenvalue weighted by molar-refractivity contribution is -0.174. The van der Waals surface area contributed by atoms with Crippen LogP contribution in [0.25, 0.3) is 0 Å². The molecule has 1 N–H and O–H groups in total. The molecule has 5 heteroatoms. The SMILES string of the molecule is O=C(C[C@@](O)(Cc1ccccc1)C(=O)OCc1ccccc1)OCc1ccccc1. The Morgan fingerprint density at radius 3 is 1.60 bits per heavy atom. The molecule has 0 spiro atoms. The number of aliphatic hydroxyl groups is 1. The Balaban J connectivity index is 1.68. The Morgan fingerprint density at radius 2 is 1.10 bits per heavy atom. The lowest BCUT2D eigenvalue weighted by Gasteiger charge is -2.25. The van der Waals surface area contributed by atoms with Gasteiger partial charge in [0.25, 0.3) is 0 Å². The van der Waals surface area contributed by atoms with Gasteiger partial charge in [-0.3, -0.25) is 4.79 Å². The van der Waals surface area contributed by atoms with Gasteiger partial charge in [-0.05, 0) is 16.7 Å². The van der Waals surface area contributed by atoms with Crippen LogP contribution < -0.4 is 0 Å². The van der Waals surface area contributed by atoms with E-state index in [0.29, 0.717) is 5.56 Å². The van der Waals surface area contributed by atoms with Gasteiger partial charge in [0.1, 0.15) is 13.2 Å². The van der Waals surface area contributed by atoms with Crippen molar-refractivity contribution in [3.63, 3.8) is 0 Å². The molecular formula is C25H24O5. The molecule has 154 valence electrons. The summed E-state index contributed by atoms with van der Waals surface area (Å²) in [7, 11) is 0. The van der Waals surface area contributed by atoms with Crippen LogP contribution >= 0.6 is 0 Å². The molecule has 0 heterocycles. The fourth-order valence-corrected chi connectivity index (χ4v) is 3.03. The van der Waals surface area contributed by atoms with Gasteiger partial charge >= 0.3 is 11.9 Å². The van der Waals surface area contributed by atoms with Crippen LogP contribution in [0, 0.1) is 0 Å². The minimum Gasteiger partial charge on any atom is -0.461 e. The summed E-state index contributed by atoms with van der Waals surface area (Å²) in [6, 6.07) is 27.4. The van der Waals surface area contributed by atoms with Crippen molar-refractivity contribution in [3.05, 3.63) is 108 Å². The van der Waals surface area contributed by atoms with Crippen LogP contribution in [0.15, 0.2) is 91.0 Å². The average molecular weight is 404 g/mol. The molecule has 0 saturated carbocycles. The number of rotatable bonds is 9. The molecule has 30 heavy (non-hydrogen) atoms. The van der Waals surface area contributed by atoms with Gasteiger partial charge in [-0.1, -0.05) is 91.0 Å². The first kappa shape index (κ1) is 21.3. The molecule has 0 unspecified atom stereocenters. The summed E-state index contributed by atoms with van der Waals surface area (Å²) in [4.78, 5) is 25.2. The smallest absolute Gasteiger partial charge is 0.339 e. The second-order valence-corrected chi connectivity index (χ2v) is 7.08. The van der Waals surface area contributed by atoms with Crippen LogP contribution in [0.5, 0.6) is 0 Å². The Labute approximate surface area is 175 Å². The van der Waals surface area contributed by atoms with Gasteiger partial charge in [-0.25, -0.2) is 4.79 Å². The van der Waals surface area contributed by atoms with Gasteiger partial charge in [0.05, 0.1) is 6.42 Å².